The third-order valence-electron chi connectivity index (χ3n) is 6.72. The Morgan fingerprint density at radius 3 is 2.77 bits per heavy atom. The largest absolute Gasteiger partial charge is 0.460 e. The van der Waals surface area contributed by atoms with E-state index in [1.165, 1.54) is 17.0 Å². The van der Waals surface area contributed by atoms with E-state index in [2.05, 4.69) is 5.32 Å². The standard InChI is InChI=1S/C24H25FN2O4/c1-15-7-5-6-10-24(15)22(28)27(23(29)26-24)13-17-11-19(25)12-18-14-30-21(31-20(17)18)16-8-3-2-4-9-16/h2-4,8-9,11-12,15,21H,5-7,10,13-14H2,1H3,(H,26,29). The molecule has 1 saturated heterocycles. The molecule has 1 N–H and O–H groups in total. The minimum atomic E-state index is -0.848. The van der Waals surface area contributed by atoms with Gasteiger partial charge in [0.05, 0.1) is 13.2 Å². The maximum Gasteiger partial charge on any atom is 0.325 e. The molecule has 1 saturated carbocycles. The molecular formula is C24H25FN2O4. The van der Waals surface area contributed by atoms with Crippen molar-refractivity contribution in [2.75, 3.05) is 0 Å². The van der Waals surface area contributed by atoms with Crippen LogP contribution in [0, 0.1) is 11.7 Å². The summed E-state index contributed by atoms with van der Waals surface area (Å²) in [4.78, 5) is 27.3. The molecule has 0 aromatic heterocycles. The summed E-state index contributed by atoms with van der Waals surface area (Å²) in [6.45, 7) is 2.15. The number of benzene rings is 2. The van der Waals surface area contributed by atoms with Gasteiger partial charge in [0.2, 0.25) is 6.29 Å². The Balaban J connectivity index is 1.45. The molecule has 2 fully saturated rings. The van der Waals surface area contributed by atoms with Crippen molar-refractivity contribution in [1.29, 1.82) is 0 Å². The van der Waals surface area contributed by atoms with E-state index in [-0.39, 0.29) is 25.0 Å². The number of nitrogens with one attached hydrogen (secondary N) is 1. The summed E-state index contributed by atoms with van der Waals surface area (Å²) in [6.07, 6.45) is 2.85. The van der Waals surface area contributed by atoms with Gasteiger partial charge in [0.1, 0.15) is 17.1 Å². The van der Waals surface area contributed by atoms with Crippen LogP contribution in [0.25, 0.3) is 0 Å². The number of ether oxygens (including phenoxy) is 2. The van der Waals surface area contributed by atoms with Crippen molar-refractivity contribution in [3.63, 3.8) is 0 Å². The second kappa shape index (κ2) is 7.64. The van der Waals surface area contributed by atoms with Crippen molar-refractivity contribution < 1.29 is 23.5 Å². The highest BCUT2D eigenvalue weighted by molar-refractivity contribution is 6.07. The Kier molecular flexibility index (Phi) is 4.93. The Labute approximate surface area is 180 Å². The number of fused-ring (bicyclic) bond motifs is 1. The highest BCUT2D eigenvalue weighted by Crippen LogP contribution is 2.41. The molecular weight excluding hydrogens is 399 g/mol. The normalized spacial score (nSPS) is 27.7. The molecule has 5 rings (SSSR count). The summed E-state index contributed by atoms with van der Waals surface area (Å²) >= 11 is 0. The van der Waals surface area contributed by atoms with Gasteiger partial charge in [-0.3, -0.25) is 9.69 Å². The zero-order valence-electron chi connectivity index (χ0n) is 17.4. The number of halogens is 1. The molecule has 2 aliphatic heterocycles. The van der Waals surface area contributed by atoms with Gasteiger partial charge in [-0.25, -0.2) is 9.18 Å². The summed E-state index contributed by atoms with van der Waals surface area (Å²) in [5.74, 6) is -0.141. The molecule has 3 amide bonds. The van der Waals surface area contributed by atoms with Crippen LogP contribution in [0.2, 0.25) is 0 Å². The number of rotatable bonds is 3. The first kappa shape index (κ1) is 20.0. The number of imide groups is 1. The molecule has 1 aliphatic carbocycles. The quantitative estimate of drug-likeness (QED) is 0.740. The SMILES string of the molecule is CC1CCCCC12NC(=O)N(Cc1cc(F)cc3c1OC(c1ccccc1)OC3)C2=O. The number of carbonyl (C=O) groups is 2. The molecule has 0 bridgehead atoms. The van der Waals surface area contributed by atoms with Crippen molar-refractivity contribution in [1.82, 2.24) is 10.2 Å². The number of carbonyl (C=O) groups excluding carboxylic acids is 2. The van der Waals surface area contributed by atoms with E-state index in [4.69, 9.17) is 9.47 Å². The van der Waals surface area contributed by atoms with Crippen LogP contribution < -0.4 is 10.1 Å². The van der Waals surface area contributed by atoms with Gasteiger partial charge in [0, 0.05) is 16.7 Å². The van der Waals surface area contributed by atoms with Crippen LogP contribution in [-0.4, -0.2) is 22.4 Å². The summed E-state index contributed by atoms with van der Waals surface area (Å²) < 4.78 is 26.2. The second-order valence-corrected chi connectivity index (χ2v) is 8.66. The molecule has 1 spiro atoms. The highest BCUT2D eigenvalue weighted by atomic mass is 19.1. The first-order chi connectivity index (χ1) is 15.0. The van der Waals surface area contributed by atoms with Crippen molar-refractivity contribution in [3.8, 4) is 5.75 Å². The first-order valence-electron chi connectivity index (χ1n) is 10.8. The van der Waals surface area contributed by atoms with Crippen LogP contribution in [0.5, 0.6) is 5.75 Å². The maximum atomic E-state index is 14.3. The number of amides is 3. The lowest BCUT2D eigenvalue weighted by atomic mass is 9.73. The molecule has 3 atom stereocenters. The van der Waals surface area contributed by atoms with Crippen molar-refractivity contribution in [2.45, 2.75) is 57.6 Å². The Morgan fingerprint density at radius 2 is 2.00 bits per heavy atom. The van der Waals surface area contributed by atoms with Gasteiger partial charge in [-0.15, -0.1) is 0 Å². The summed E-state index contributed by atoms with van der Waals surface area (Å²) in [7, 11) is 0. The minimum absolute atomic E-state index is 0.0409. The lowest BCUT2D eigenvalue weighted by Crippen LogP contribution is -2.53. The van der Waals surface area contributed by atoms with Crippen molar-refractivity contribution in [3.05, 3.63) is 65.0 Å². The molecule has 6 nitrogen and oxygen atoms in total. The fraction of sp³-hybridized carbons (Fsp3) is 0.417. The summed E-state index contributed by atoms with van der Waals surface area (Å²) in [5, 5.41) is 2.95. The molecule has 2 heterocycles. The molecule has 162 valence electrons. The smallest absolute Gasteiger partial charge is 0.325 e. The highest BCUT2D eigenvalue weighted by Gasteiger charge is 2.54. The van der Waals surface area contributed by atoms with Crippen molar-refractivity contribution in [2.24, 2.45) is 5.92 Å². The van der Waals surface area contributed by atoms with Gasteiger partial charge in [0.15, 0.2) is 0 Å². The fourth-order valence-corrected chi connectivity index (χ4v) is 4.98. The van der Waals surface area contributed by atoms with Gasteiger partial charge in [-0.05, 0) is 30.9 Å². The molecule has 3 unspecified atom stereocenters. The van der Waals surface area contributed by atoms with E-state index in [0.717, 1.165) is 24.8 Å². The Hall–Kier alpha value is -2.93. The lowest BCUT2D eigenvalue weighted by molar-refractivity contribution is -0.134. The third kappa shape index (κ3) is 3.37. The second-order valence-electron chi connectivity index (χ2n) is 8.66. The van der Waals surface area contributed by atoms with E-state index < -0.39 is 23.7 Å². The average Bonchev–Trinajstić information content (AvgIpc) is 3.01. The first-order valence-corrected chi connectivity index (χ1v) is 10.8. The maximum absolute atomic E-state index is 14.3. The Bertz CT molecular complexity index is 1030. The van der Waals surface area contributed by atoms with E-state index in [9.17, 15) is 14.0 Å². The van der Waals surface area contributed by atoms with Gasteiger partial charge >= 0.3 is 6.03 Å². The van der Waals surface area contributed by atoms with E-state index in [0.29, 0.717) is 23.3 Å². The monoisotopic (exact) mass is 424 g/mol. The summed E-state index contributed by atoms with van der Waals surface area (Å²) in [5.41, 5.74) is 1.02. The van der Waals surface area contributed by atoms with Gasteiger partial charge < -0.3 is 14.8 Å². The van der Waals surface area contributed by atoms with Gasteiger partial charge in [-0.2, -0.15) is 0 Å². The van der Waals surface area contributed by atoms with E-state index in [1.54, 1.807) is 0 Å². The molecule has 31 heavy (non-hydrogen) atoms. The van der Waals surface area contributed by atoms with Crippen LogP contribution in [0.4, 0.5) is 9.18 Å². The minimum Gasteiger partial charge on any atom is -0.460 e. The zero-order valence-corrected chi connectivity index (χ0v) is 17.4. The molecule has 2 aromatic rings. The van der Waals surface area contributed by atoms with Crippen LogP contribution in [0.15, 0.2) is 42.5 Å². The molecule has 2 aromatic carbocycles. The van der Waals surface area contributed by atoms with Crippen LogP contribution in [0.3, 0.4) is 0 Å². The van der Waals surface area contributed by atoms with Crippen LogP contribution in [-0.2, 0) is 22.7 Å². The predicted octanol–water partition coefficient (Wildman–Crippen LogP) is 4.43. The fourth-order valence-electron chi connectivity index (χ4n) is 4.98. The molecule has 7 heteroatoms. The Morgan fingerprint density at radius 1 is 1.19 bits per heavy atom. The van der Waals surface area contributed by atoms with Gasteiger partial charge in [0.25, 0.3) is 5.91 Å². The van der Waals surface area contributed by atoms with Crippen LogP contribution in [0.1, 0.15) is 55.6 Å². The topological polar surface area (TPSA) is 67.9 Å². The molecule has 0 radical (unpaired) electrons. The zero-order chi connectivity index (χ0) is 21.6. The predicted molar refractivity (Wildman–Crippen MR) is 110 cm³/mol. The van der Waals surface area contributed by atoms with Gasteiger partial charge in [-0.1, -0.05) is 50.1 Å². The van der Waals surface area contributed by atoms with Crippen LogP contribution >= 0.6 is 0 Å². The summed E-state index contributed by atoms with van der Waals surface area (Å²) in [6, 6.07) is 11.8. The van der Waals surface area contributed by atoms with E-state index in [1.807, 2.05) is 37.3 Å². The number of nitrogens with zero attached hydrogens (tertiary/aromatic N) is 1. The molecule has 3 aliphatic rings. The van der Waals surface area contributed by atoms with Crippen molar-refractivity contribution >= 4 is 11.9 Å². The average molecular weight is 424 g/mol. The van der Waals surface area contributed by atoms with E-state index >= 15 is 0 Å². The lowest BCUT2D eigenvalue weighted by Gasteiger charge is -2.37. The number of hydrogen-bond acceptors (Lipinski definition) is 4. The third-order valence-corrected chi connectivity index (χ3v) is 6.72. The number of urea groups is 1. The number of hydrogen-bond donors (Lipinski definition) is 1.